The number of rotatable bonds is 3. The maximum atomic E-state index is 11.9. The molecule has 0 fully saturated rings. The Balaban J connectivity index is 2.49. The van der Waals surface area contributed by atoms with E-state index in [9.17, 15) is 18.0 Å². The van der Waals surface area contributed by atoms with E-state index in [1.807, 2.05) is 5.32 Å². The Morgan fingerprint density at radius 3 is 2.69 bits per heavy atom. The fourth-order valence-electron chi connectivity index (χ4n) is 1.19. The molecule has 1 heterocycles. The average molecular weight is 232 g/mol. The first-order valence-electron chi connectivity index (χ1n) is 4.67. The quantitative estimate of drug-likeness (QED) is 0.861. The van der Waals surface area contributed by atoms with Crippen LogP contribution in [0.4, 0.5) is 13.2 Å². The van der Waals surface area contributed by atoms with Gasteiger partial charge in [0.2, 0.25) is 0 Å². The predicted molar refractivity (Wildman–Crippen MR) is 51.6 cm³/mol. The zero-order valence-electron chi connectivity index (χ0n) is 8.58. The van der Waals surface area contributed by atoms with Crippen molar-refractivity contribution in [3.05, 3.63) is 30.1 Å². The Hall–Kier alpha value is -1.59. The maximum absolute atomic E-state index is 11.9. The fourth-order valence-corrected chi connectivity index (χ4v) is 1.19. The lowest BCUT2D eigenvalue weighted by atomic mass is 10.1. The number of pyridine rings is 1. The Bertz CT molecular complexity index is 351. The second-order valence-corrected chi connectivity index (χ2v) is 3.40. The molecule has 0 aliphatic heterocycles. The first-order valence-corrected chi connectivity index (χ1v) is 4.67. The molecule has 16 heavy (non-hydrogen) atoms. The molecule has 0 aliphatic rings. The van der Waals surface area contributed by atoms with Gasteiger partial charge in [-0.05, 0) is 19.1 Å². The van der Waals surface area contributed by atoms with E-state index < -0.39 is 18.1 Å². The molecule has 1 amide bonds. The Labute approximate surface area is 90.7 Å². The van der Waals surface area contributed by atoms with E-state index in [1.54, 1.807) is 24.4 Å². The van der Waals surface area contributed by atoms with Crippen LogP contribution in [-0.4, -0.2) is 23.1 Å². The molecule has 1 aromatic heterocycles. The zero-order valence-corrected chi connectivity index (χ0v) is 8.58. The van der Waals surface area contributed by atoms with E-state index in [1.165, 1.54) is 6.92 Å². The number of carbonyl (C=O) groups is 1. The third-order valence-electron chi connectivity index (χ3n) is 1.88. The zero-order chi connectivity index (χ0) is 12.2. The minimum atomic E-state index is -4.83. The number of halogens is 3. The molecule has 88 valence electrons. The molecule has 0 saturated carbocycles. The number of aromatic nitrogens is 1. The van der Waals surface area contributed by atoms with Crippen molar-refractivity contribution in [3.63, 3.8) is 0 Å². The van der Waals surface area contributed by atoms with Crippen LogP contribution in [0.25, 0.3) is 0 Å². The Morgan fingerprint density at radius 2 is 2.19 bits per heavy atom. The molecule has 0 aliphatic carbocycles. The molecule has 0 spiro atoms. The summed E-state index contributed by atoms with van der Waals surface area (Å²) in [4.78, 5) is 14.6. The predicted octanol–water partition coefficient (Wildman–Crippen LogP) is 1.69. The Kier molecular flexibility index (Phi) is 3.87. The Morgan fingerprint density at radius 1 is 1.50 bits per heavy atom. The highest BCUT2D eigenvalue weighted by atomic mass is 19.4. The van der Waals surface area contributed by atoms with Gasteiger partial charge in [0.15, 0.2) is 0 Å². The first kappa shape index (κ1) is 12.5. The number of nitrogens with zero attached hydrogens (tertiary/aromatic N) is 1. The third kappa shape index (κ3) is 3.88. The van der Waals surface area contributed by atoms with E-state index in [2.05, 4.69) is 4.98 Å². The minimum Gasteiger partial charge on any atom is -0.345 e. The van der Waals surface area contributed by atoms with Crippen LogP contribution in [0.1, 0.15) is 12.6 Å². The van der Waals surface area contributed by atoms with Crippen LogP contribution in [0.2, 0.25) is 0 Å². The molecule has 3 nitrogen and oxygen atoms in total. The maximum Gasteiger partial charge on any atom is 0.471 e. The molecule has 1 rings (SSSR count). The summed E-state index contributed by atoms with van der Waals surface area (Å²) in [6, 6.07) is 4.53. The highest BCUT2D eigenvalue weighted by Gasteiger charge is 2.39. The van der Waals surface area contributed by atoms with Gasteiger partial charge in [-0.2, -0.15) is 13.2 Å². The van der Waals surface area contributed by atoms with E-state index in [4.69, 9.17) is 0 Å². The average Bonchev–Trinajstić information content (AvgIpc) is 2.17. The molecule has 0 bridgehead atoms. The van der Waals surface area contributed by atoms with Crippen molar-refractivity contribution in [3.8, 4) is 0 Å². The number of amides is 1. The third-order valence-corrected chi connectivity index (χ3v) is 1.88. The van der Waals surface area contributed by atoms with Crippen molar-refractivity contribution in [2.24, 2.45) is 0 Å². The number of carbonyl (C=O) groups excluding carboxylic acids is 1. The number of hydrogen-bond donors (Lipinski definition) is 1. The van der Waals surface area contributed by atoms with Crippen molar-refractivity contribution in [2.75, 3.05) is 0 Å². The summed E-state index contributed by atoms with van der Waals surface area (Å²) in [7, 11) is 0. The SMILES string of the molecule is CC(Cc1ccccn1)NC(=O)C(F)(F)F. The van der Waals surface area contributed by atoms with Crippen molar-refractivity contribution in [1.29, 1.82) is 0 Å². The van der Waals surface area contributed by atoms with Crippen LogP contribution < -0.4 is 5.32 Å². The van der Waals surface area contributed by atoms with Crippen LogP contribution in [0.5, 0.6) is 0 Å². The molecule has 0 aromatic carbocycles. The summed E-state index contributed by atoms with van der Waals surface area (Å²) >= 11 is 0. The molecule has 1 atom stereocenters. The largest absolute Gasteiger partial charge is 0.471 e. The molecule has 1 N–H and O–H groups in total. The van der Waals surface area contributed by atoms with Gasteiger partial charge in [0.05, 0.1) is 0 Å². The number of alkyl halides is 3. The molecular weight excluding hydrogens is 221 g/mol. The van der Waals surface area contributed by atoms with Gasteiger partial charge in [-0.1, -0.05) is 6.07 Å². The van der Waals surface area contributed by atoms with Gasteiger partial charge in [0.1, 0.15) is 0 Å². The van der Waals surface area contributed by atoms with Crippen LogP contribution in [-0.2, 0) is 11.2 Å². The number of hydrogen-bond acceptors (Lipinski definition) is 2. The van der Waals surface area contributed by atoms with Gasteiger partial charge in [-0.3, -0.25) is 9.78 Å². The molecule has 1 aromatic rings. The van der Waals surface area contributed by atoms with Crippen molar-refractivity contribution >= 4 is 5.91 Å². The van der Waals surface area contributed by atoms with Gasteiger partial charge in [-0.15, -0.1) is 0 Å². The van der Waals surface area contributed by atoms with Crippen LogP contribution >= 0.6 is 0 Å². The number of nitrogens with one attached hydrogen (secondary N) is 1. The molecule has 0 radical (unpaired) electrons. The monoisotopic (exact) mass is 232 g/mol. The summed E-state index contributed by atoms with van der Waals surface area (Å²) in [5.74, 6) is -1.92. The highest BCUT2D eigenvalue weighted by Crippen LogP contribution is 2.14. The van der Waals surface area contributed by atoms with Crippen LogP contribution in [0.15, 0.2) is 24.4 Å². The van der Waals surface area contributed by atoms with Crippen LogP contribution in [0, 0.1) is 0 Å². The van der Waals surface area contributed by atoms with E-state index in [0.717, 1.165) is 0 Å². The summed E-state index contributed by atoms with van der Waals surface area (Å²) in [6.45, 7) is 1.50. The lowest BCUT2D eigenvalue weighted by Gasteiger charge is -2.14. The smallest absolute Gasteiger partial charge is 0.345 e. The topological polar surface area (TPSA) is 42.0 Å². The van der Waals surface area contributed by atoms with Crippen molar-refractivity contribution < 1.29 is 18.0 Å². The van der Waals surface area contributed by atoms with Gasteiger partial charge >= 0.3 is 12.1 Å². The molecular formula is C10H11F3N2O. The van der Waals surface area contributed by atoms with Crippen molar-refractivity contribution in [2.45, 2.75) is 25.6 Å². The van der Waals surface area contributed by atoms with Gasteiger partial charge < -0.3 is 5.32 Å². The normalized spacial score (nSPS) is 13.2. The van der Waals surface area contributed by atoms with Gasteiger partial charge in [0.25, 0.3) is 0 Å². The second-order valence-electron chi connectivity index (χ2n) is 3.40. The minimum absolute atomic E-state index is 0.267. The summed E-state index contributed by atoms with van der Waals surface area (Å²) < 4.78 is 35.8. The summed E-state index contributed by atoms with van der Waals surface area (Å²) in [5, 5.41) is 1.86. The summed E-state index contributed by atoms with van der Waals surface area (Å²) in [6.07, 6.45) is -3.02. The fraction of sp³-hybridized carbons (Fsp3) is 0.400. The van der Waals surface area contributed by atoms with E-state index in [0.29, 0.717) is 5.69 Å². The van der Waals surface area contributed by atoms with Crippen molar-refractivity contribution in [1.82, 2.24) is 10.3 Å². The molecule has 6 heteroatoms. The summed E-state index contributed by atoms with van der Waals surface area (Å²) in [5.41, 5.74) is 0.637. The standard InChI is InChI=1S/C10H11F3N2O/c1-7(15-9(16)10(11,12)13)6-8-4-2-3-5-14-8/h2-5,7H,6H2,1H3,(H,15,16). The van der Waals surface area contributed by atoms with E-state index >= 15 is 0 Å². The molecule has 1 unspecified atom stereocenters. The first-order chi connectivity index (χ1) is 7.39. The lowest BCUT2D eigenvalue weighted by Crippen LogP contribution is -2.42. The van der Waals surface area contributed by atoms with Gasteiger partial charge in [0, 0.05) is 24.4 Å². The van der Waals surface area contributed by atoms with Gasteiger partial charge in [-0.25, -0.2) is 0 Å². The second kappa shape index (κ2) is 4.96. The lowest BCUT2D eigenvalue weighted by molar-refractivity contribution is -0.174. The van der Waals surface area contributed by atoms with E-state index in [-0.39, 0.29) is 6.42 Å². The molecule has 0 saturated heterocycles. The van der Waals surface area contributed by atoms with Crippen LogP contribution in [0.3, 0.4) is 0 Å². The highest BCUT2D eigenvalue weighted by molar-refractivity contribution is 5.81.